The number of nitrogens with one attached hydrogen (secondary N) is 1. The fraction of sp³-hybridized carbons (Fsp3) is 1.00. The molecule has 1 unspecified atom stereocenters. The highest BCUT2D eigenvalue weighted by molar-refractivity contribution is 4.90. The summed E-state index contributed by atoms with van der Waals surface area (Å²) >= 11 is 0. The van der Waals surface area contributed by atoms with E-state index in [0.717, 1.165) is 11.8 Å². The first-order chi connectivity index (χ1) is 7.08. The van der Waals surface area contributed by atoms with Gasteiger partial charge in [0, 0.05) is 6.54 Å². The highest BCUT2D eigenvalue weighted by Crippen LogP contribution is 2.45. The fourth-order valence-corrected chi connectivity index (χ4v) is 2.72. The van der Waals surface area contributed by atoms with Crippen molar-refractivity contribution in [1.29, 1.82) is 0 Å². The lowest BCUT2D eigenvalue weighted by Gasteiger charge is -2.44. The molecule has 0 aromatic heterocycles. The predicted octanol–water partition coefficient (Wildman–Crippen LogP) is 3.84. The van der Waals surface area contributed by atoms with Crippen molar-refractivity contribution >= 4 is 0 Å². The van der Waals surface area contributed by atoms with E-state index in [1.165, 1.54) is 45.2 Å². The zero-order chi connectivity index (χ0) is 11.3. The quantitative estimate of drug-likeness (QED) is 0.674. The van der Waals surface area contributed by atoms with Crippen molar-refractivity contribution in [2.75, 3.05) is 13.1 Å². The van der Waals surface area contributed by atoms with Gasteiger partial charge in [0.1, 0.15) is 0 Å². The van der Waals surface area contributed by atoms with E-state index in [0.29, 0.717) is 5.41 Å². The van der Waals surface area contributed by atoms with Crippen molar-refractivity contribution in [3.63, 3.8) is 0 Å². The molecule has 90 valence electrons. The third-order valence-electron chi connectivity index (χ3n) is 3.95. The lowest BCUT2D eigenvalue weighted by atomic mass is 9.64. The van der Waals surface area contributed by atoms with E-state index >= 15 is 0 Å². The van der Waals surface area contributed by atoms with Gasteiger partial charge in [0.05, 0.1) is 0 Å². The Bertz CT molecular complexity index is 170. The summed E-state index contributed by atoms with van der Waals surface area (Å²) in [7, 11) is 0. The van der Waals surface area contributed by atoms with Crippen LogP contribution in [0.5, 0.6) is 0 Å². The van der Waals surface area contributed by atoms with Crippen molar-refractivity contribution in [3.8, 4) is 0 Å². The Morgan fingerprint density at radius 3 is 2.27 bits per heavy atom. The molecule has 1 atom stereocenters. The van der Waals surface area contributed by atoms with Crippen LogP contribution in [0.25, 0.3) is 0 Å². The van der Waals surface area contributed by atoms with Gasteiger partial charge in [-0.05, 0) is 43.1 Å². The molecule has 0 amide bonds. The number of rotatable bonds is 7. The van der Waals surface area contributed by atoms with E-state index < -0.39 is 0 Å². The van der Waals surface area contributed by atoms with Crippen molar-refractivity contribution < 1.29 is 0 Å². The first kappa shape index (κ1) is 13.0. The van der Waals surface area contributed by atoms with E-state index in [1.807, 2.05) is 0 Å². The third kappa shape index (κ3) is 4.14. The maximum Gasteiger partial charge on any atom is 0.000802 e. The van der Waals surface area contributed by atoms with Gasteiger partial charge in [-0.2, -0.15) is 0 Å². The maximum absolute atomic E-state index is 3.68. The van der Waals surface area contributed by atoms with Gasteiger partial charge in [0.15, 0.2) is 0 Å². The minimum absolute atomic E-state index is 0.668. The molecule has 0 bridgehead atoms. The Morgan fingerprint density at radius 1 is 1.20 bits per heavy atom. The van der Waals surface area contributed by atoms with Crippen molar-refractivity contribution in [1.82, 2.24) is 5.32 Å². The Morgan fingerprint density at radius 2 is 1.87 bits per heavy atom. The molecule has 0 aliphatic heterocycles. The summed E-state index contributed by atoms with van der Waals surface area (Å²) in [5.41, 5.74) is 0.668. The lowest BCUT2D eigenvalue weighted by molar-refractivity contribution is 0.0971. The summed E-state index contributed by atoms with van der Waals surface area (Å²) in [6, 6.07) is 0. The highest BCUT2D eigenvalue weighted by atomic mass is 14.9. The summed E-state index contributed by atoms with van der Waals surface area (Å²) < 4.78 is 0. The second-order valence-corrected chi connectivity index (χ2v) is 6.10. The van der Waals surface area contributed by atoms with Crippen LogP contribution < -0.4 is 5.32 Å². The van der Waals surface area contributed by atoms with Gasteiger partial charge in [-0.25, -0.2) is 0 Å². The Hall–Kier alpha value is -0.0400. The smallest absolute Gasteiger partial charge is 0.000802 e. The van der Waals surface area contributed by atoms with Gasteiger partial charge in [0.25, 0.3) is 0 Å². The fourth-order valence-electron chi connectivity index (χ4n) is 2.72. The predicted molar refractivity (Wildman–Crippen MR) is 68.1 cm³/mol. The van der Waals surface area contributed by atoms with Crippen LogP contribution in [0.1, 0.15) is 59.8 Å². The SMILES string of the molecule is CCC(C)CNCC1(CC(C)C)CCC1. The van der Waals surface area contributed by atoms with Gasteiger partial charge in [-0.15, -0.1) is 0 Å². The molecule has 1 aliphatic carbocycles. The molecular weight excluding hydrogens is 182 g/mol. The van der Waals surface area contributed by atoms with E-state index in [2.05, 4.69) is 33.0 Å². The first-order valence-corrected chi connectivity index (χ1v) is 6.79. The van der Waals surface area contributed by atoms with Gasteiger partial charge in [-0.1, -0.05) is 40.5 Å². The summed E-state index contributed by atoms with van der Waals surface area (Å²) in [6.07, 6.45) is 7.08. The van der Waals surface area contributed by atoms with Crippen molar-refractivity contribution in [2.45, 2.75) is 59.8 Å². The monoisotopic (exact) mass is 211 g/mol. The Labute approximate surface area is 96.0 Å². The molecule has 1 heteroatoms. The molecule has 0 spiro atoms. The zero-order valence-electron chi connectivity index (χ0n) is 11.1. The Kier molecular flexibility index (Phi) is 5.11. The average Bonchev–Trinajstić information content (AvgIpc) is 2.12. The van der Waals surface area contributed by atoms with Gasteiger partial charge in [-0.3, -0.25) is 0 Å². The van der Waals surface area contributed by atoms with Crippen molar-refractivity contribution in [3.05, 3.63) is 0 Å². The van der Waals surface area contributed by atoms with E-state index in [-0.39, 0.29) is 0 Å². The van der Waals surface area contributed by atoms with Crippen LogP contribution in [0.2, 0.25) is 0 Å². The Balaban J connectivity index is 2.22. The molecule has 0 saturated heterocycles. The minimum atomic E-state index is 0.668. The molecule has 0 radical (unpaired) electrons. The molecule has 0 heterocycles. The second-order valence-electron chi connectivity index (χ2n) is 6.10. The molecule has 0 aromatic carbocycles. The van der Waals surface area contributed by atoms with Crippen LogP contribution >= 0.6 is 0 Å². The van der Waals surface area contributed by atoms with Gasteiger partial charge in [0.2, 0.25) is 0 Å². The normalized spacial score (nSPS) is 21.4. The van der Waals surface area contributed by atoms with Crippen LogP contribution in [-0.2, 0) is 0 Å². The van der Waals surface area contributed by atoms with Crippen LogP contribution in [0.3, 0.4) is 0 Å². The average molecular weight is 211 g/mol. The molecular formula is C14H29N. The largest absolute Gasteiger partial charge is 0.316 e. The van der Waals surface area contributed by atoms with Crippen LogP contribution in [0.15, 0.2) is 0 Å². The first-order valence-electron chi connectivity index (χ1n) is 6.79. The maximum atomic E-state index is 3.68. The topological polar surface area (TPSA) is 12.0 Å². The summed E-state index contributed by atoms with van der Waals surface area (Å²) in [6.45, 7) is 11.8. The third-order valence-corrected chi connectivity index (χ3v) is 3.95. The minimum Gasteiger partial charge on any atom is -0.316 e. The zero-order valence-corrected chi connectivity index (χ0v) is 11.1. The molecule has 1 saturated carbocycles. The molecule has 1 nitrogen and oxygen atoms in total. The number of hydrogen-bond acceptors (Lipinski definition) is 1. The lowest BCUT2D eigenvalue weighted by Crippen LogP contribution is -2.42. The standard InChI is InChI=1S/C14H29N/c1-5-13(4)10-15-11-14(7-6-8-14)9-12(2)3/h12-13,15H,5-11H2,1-4H3. The summed E-state index contributed by atoms with van der Waals surface area (Å²) in [4.78, 5) is 0. The van der Waals surface area contributed by atoms with Crippen LogP contribution in [0, 0.1) is 17.3 Å². The highest BCUT2D eigenvalue weighted by Gasteiger charge is 2.36. The molecule has 1 N–H and O–H groups in total. The van der Waals surface area contributed by atoms with Crippen LogP contribution in [-0.4, -0.2) is 13.1 Å². The van der Waals surface area contributed by atoms with E-state index in [9.17, 15) is 0 Å². The van der Waals surface area contributed by atoms with Gasteiger partial charge >= 0.3 is 0 Å². The van der Waals surface area contributed by atoms with Crippen molar-refractivity contribution in [2.24, 2.45) is 17.3 Å². The summed E-state index contributed by atoms with van der Waals surface area (Å²) in [5, 5.41) is 3.68. The second kappa shape index (κ2) is 5.89. The number of hydrogen-bond donors (Lipinski definition) is 1. The molecule has 1 aliphatic rings. The van der Waals surface area contributed by atoms with Crippen LogP contribution in [0.4, 0.5) is 0 Å². The van der Waals surface area contributed by atoms with Gasteiger partial charge < -0.3 is 5.32 Å². The molecule has 0 aromatic rings. The molecule has 1 fully saturated rings. The molecule has 1 rings (SSSR count). The summed E-state index contributed by atoms with van der Waals surface area (Å²) in [5.74, 6) is 1.69. The van der Waals surface area contributed by atoms with E-state index in [4.69, 9.17) is 0 Å². The van der Waals surface area contributed by atoms with E-state index in [1.54, 1.807) is 0 Å². The molecule has 15 heavy (non-hydrogen) atoms.